The Morgan fingerprint density at radius 1 is 1.25 bits per heavy atom. The first kappa shape index (κ1) is 13.7. The first-order chi connectivity index (χ1) is 7.49. The summed E-state index contributed by atoms with van der Waals surface area (Å²) in [5, 5.41) is 2.95. The third kappa shape index (κ3) is 5.63. The van der Waals surface area contributed by atoms with Crippen LogP contribution < -0.4 is 5.32 Å². The van der Waals surface area contributed by atoms with Gasteiger partial charge < -0.3 is 5.32 Å². The van der Waals surface area contributed by atoms with Crippen molar-refractivity contribution in [1.82, 2.24) is 5.32 Å². The maximum Gasteiger partial charge on any atom is 0.401 e. The zero-order valence-electron chi connectivity index (χ0n) is 8.35. The molecule has 0 aliphatic carbocycles. The molecule has 0 radical (unpaired) electrons. The molecule has 1 nitrogen and oxygen atoms in total. The van der Waals surface area contributed by atoms with Gasteiger partial charge in [-0.05, 0) is 12.1 Å². The molecule has 0 aliphatic heterocycles. The van der Waals surface area contributed by atoms with Crippen LogP contribution in [0.5, 0.6) is 0 Å². The topological polar surface area (TPSA) is 12.0 Å². The Morgan fingerprint density at radius 2 is 1.94 bits per heavy atom. The van der Waals surface area contributed by atoms with Crippen LogP contribution in [0.25, 0.3) is 0 Å². The summed E-state index contributed by atoms with van der Waals surface area (Å²) in [4.78, 5) is 0.887. The summed E-state index contributed by atoms with van der Waals surface area (Å²) < 4.78 is 35.3. The van der Waals surface area contributed by atoms with Crippen molar-refractivity contribution in [2.45, 2.75) is 11.1 Å². The number of halogens is 4. The third-order valence-corrected chi connectivity index (χ3v) is 3.22. The van der Waals surface area contributed by atoms with Crippen molar-refractivity contribution < 1.29 is 13.2 Å². The smallest absolute Gasteiger partial charge is 0.308 e. The molecule has 16 heavy (non-hydrogen) atoms. The van der Waals surface area contributed by atoms with Crippen LogP contribution in [0.4, 0.5) is 13.2 Å². The molecular weight excluding hydrogens is 259 g/mol. The van der Waals surface area contributed by atoms with E-state index >= 15 is 0 Å². The van der Waals surface area contributed by atoms with E-state index in [-0.39, 0.29) is 0 Å². The Hall–Kier alpha value is -0.390. The minimum atomic E-state index is -4.14. The number of nitrogens with one attached hydrogen (secondary N) is 1. The van der Waals surface area contributed by atoms with Crippen molar-refractivity contribution >= 4 is 23.4 Å². The maximum absolute atomic E-state index is 11.8. The molecule has 0 amide bonds. The van der Waals surface area contributed by atoms with E-state index in [0.717, 1.165) is 4.90 Å². The highest BCUT2D eigenvalue weighted by Gasteiger charge is 2.25. The number of hydrogen-bond donors (Lipinski definition) is 1. The molecule has 0 spiro atoms. The summed E-state index contributed by atoms with van der Waals surface area (Å²) in [5.41, 5.74) is 0. The van der Waals surface area contributed by atoms with Crippen LogP contribution in [-0.2, 0) is 0 Å². The Morgan fingerprint density at radius 3 is 2.56 bits per heavy atom. The second-order valence-electron chi connectivity index (χ2n) is 3.07. The van der Waals surface area contributed by atoms with E-state index in [9.17, 15) is 13.2 Å². The fourth-order valence-corrected chi connectivity index (χ4v) is 2.17. The molecule has 6 heteroatoms. The summed E-state index contributed by atoms with van der Waals surface area (Å²) in [7, 11) is 0. The maximum atomic E-state index is 11.8. The molecule has 1 rings (SSSR count). The summed E-state index contributed by atoms with van der Waals surface area (Å²) in [6.07, 6.45) is -4.14. The van der Waals surface area contributed by atoms with Gasteiger partial charge in [-0.3, -0.25) is 0 Å². The molecule has 1 aromatic carbocycles. The van der Waals surface area contributed by atoms with Crippen LogP contribution in [0.15, 0.2) is 29.2 Å². The van der Waals surface area contributed by atoms with Gasteiger partial charge in [-0.25, -0.2) is 0 Å². The molecule has 0 heterocycles. The van der Waals surface area contributed by atoms with Gasteiger partial charge in [0.1, 0.15) is 0 Å². The van der Waals surface area contributed by atoms with E-state index < -0.39 is 12.7 Å². The second-order valence-corrected chi connectivity index (χ2v) is 4.61. The summed E-state index contributed by atoms with van der Waals surface area (Å²) in [6.45, 7) is -0.647. The summed E-state index contributed by atoms with van der Waals surface area (Å²) >= 11 is 7.32. The van der Waals surface area contributed by atoms with Crippen molar-refractivity contribution in [3.8, 4) is 0 Å². The van der Waals surface area contributed by atoms with Crippen molar-refractivity contribution in [1.29, 1.82) is 0 Å². The number of thioether (sulfide) groups is 1. The normalized spacial score (nSPS) is 11.8. The first-order valence-electron chi connectivity index (χ1n) is 4.64. The Labute approximate surface area is 101 Å². The van der Waals surface area contributed by atoms with Gasteiger partial charge in [-0.2, -0.15) is 13.2 Å². The SMILES string of the molecule is FC(F)(F)CNCCSc1ccccc1Cl. The van der Waals surface area contributed by atoms with Crippen molar-refractivity contribution in [3.63, 3.8) is 0 Å². The summed E-state index contributed by atoms with van der Waals surface area (Å²) in [6, 6.07) is 7.26. The van der Waals surface area contributed by atoms with E-state index in [1.54, 1.807) is 6.07 Å². The molecule has 0 aliphatic rings. The third-order valence-electron chi connectivity index (χ3n) is 1.70. The highest BCUT2D eigenvalue weighted by Crippen LogP contribution is 2.25. The average molecular weight is 270 g/mol. The lowest BCUT2D eigenvalue weighted by atomic mass is 10.4. The Kier molecular flexibility index (Phi) is 5.44. The second kappa shape index (κ2) is 6.37. The predicted octanol–water partition coefficient (Wildman–Crippen LogP) is 3.58. The zero-order valence-corrected chi connectivity index (χ0v) is 9.92. The van der Waals surface area contributed by atoms with Gasteiger partial charge in [0.2, 0.25) is 0 Å². The molecule has 0 saturated heterocycles. The standard InChI is InChI=1S/C10H11ClF3NS/c11-8-3-1-2-4-9(8)16-6-5-15-7-10(12,13)14/h1-4,15H,5-7H2. The fraction of sp³-hybridized carbons (Fsp3) is 0.400. The minimum absolute atomic E-state index is 0.301. The van der Waals surface area contributed by atoms with Gasteiger partial charge in [0.25, 0.3) is 0 Å². The molecule has 0 saturated carbocycles. The molecule has 0 aromatic heterocycles. The van der Waals surface area contributed by atoms with Gasteiger partial charge in [-0.15, -0.1) is 11.8 Å². The summed E-state index contributed by atoms with van der Waals surface area (Å²) in [5.74, 6) is 0.555. The number of rotatable bonds is 5. The monoisotopic (exact) mass is 269 g/mol. The Bertz CT molecular complexity index is 330. The van der Waals surface area contributed by atoms with Gasteiger partial charge in [-0.1, -0.05) is 23.7 Å². The number of alkyl halides is 3. The van der Waals surface area contributed by atoms with Crippen molar-refractivity contribution in [2.75, 3.05) is 18.8 Å². The van der Waals surface area contributed by atoms with E-state index in [0.29, 0.717) is 17.3 Å². The van der Waals surface area contributed by atoms with Crippen LogP contribution in [0.2, 0.25) is 5.02 Å². The van der Waals surface area contributed by atoms with Gasteiger partial charge in [0.05, 0.1) is 11.6 Å². The van der Waals surface area contributed by atoms with Crippen molar-refractivity contribution in [2.24, 2.45) is 0 Å². The van der Waals surface area contributed by atoms with E-state index in [1.807, 2.05) is 18.2 Å². The molecule has 0 fully saturated rings. The molecule has 1 N–H and O–H groups in total. The number of benzene rings is 1. The molecule has 1 aromatic rings. The highest BCUT2D eigenvalue weighted by molar-refractivity contribution is 7.99. The largest absolute Gasteiger partial charge is 0.401 e. The lowest BCUT2D eigenvalue weighted by molar-refractivity contribution is -0.124. The van der Waals surface area contributed by atoms with Crippen molar-refractivity contribution in [3.05, 3.63) is 29.3 Å². The van der Waals surface area contributed by atoms with Gasteiger partial charge in [0.15, 0.2) is 0 Å². The molecule has 0 bridgehead atoms. The van der Waals surface area contributed by atoms with Gasteiger partial charge in [0, 0.05) is 17.2 Å². The lowest BCUT2D eigenvalue weighted by Gasteiger charge is -2.08. The average Bonchev–Trinajstić information content (AvgIpc) is 2.18. The van der Waals surface area contributed by atoms with Crippen LogP contribution >= 0.6 is 23.4 Å². The predicted molar refractivity (Wildman–Crippen MR) is 61.1 cm³/mol. The van der Waals surface area contributed by atoms with E-state index in [2.05, 4.69) is 5.32 Å². The van der Waals surface area contributed by atoms with Crippen LogP contribution in [0.3, 0.4) is 0 Å². The lowest BCUT2D eigenvalue weighted by Crippen LogP contribution is -2.30. The van der Waals surface area contributed by atoms with Gasteiger partial charge >= 0.3 is 6.18 Å². The highest BCUT2D eigenvalue weighted by atomic mass is 35.5. The first-order valence-corrected chi connectivity index (χ1v) is 6.00. The molecule has 0 atom stereocenters. The van der Waals surface area contributed by atoms with Crippen LogP contribution in [-0.4, -0.2) is 25.0 Å². The van der Waals surface area contributed by atoms with E-state index in [4.69, 9.17) is 11.6 Å². The van der Waals surface area contributed by atoms with E-state index in [1.165, 1.54) is 11.8 Å². The minimum Gasteiger partial charge on any atom is -0.308 e. The molecular formula is C10H11ClF3NS. The van der Waals surface area contributed by atoms with Crippen LogP contribution in [0, 0.1) is 0 Å². The quantitative estimate of drug-likeness (QED) is 0.648. The zero-order chi connectivity index (χ0) is 12.0. The van der Waals surface area contributed by atoms with Crippen LogP contribution in [0.1, 0.15) is 0 Å². The molecule has 90 valence electrons. The number of hydrogen-bond acceptors (Lipinski definition) is 2. The fourth-order valence-electron chi connectivity index (χ4n) is 1.03. The molecule has 0 unspecified atom stereocenters. The Balaban J connectivity index is 2.19.